The quantitative estimate of drug-likeness (QED) is 0.483. The number of benzene rings is 2. The zero-order chi connectivity index (χ0) is 17.7. The first-order chi connectivity index (χ1) is 11.5. The van der Waals surface area contributed by atoms with Crippen molar-refractivity contribution in [3.63, 3.8) is 0 Å². The van der Waals surface area contributed by atoms with E-state index in [0.29, 0.717) is 5.57 Å². The monoisotopic (exact) mass is 316 g/mol. The molecule has 2 rings (SSSR count). The third-order valence-electron chi connectivity index (χ3n) is 3.66. The summed E-state index contributed by atoms with van der Waals surface area (Å²) in [7, 11) is 7.83. The number of hydrogen-bond donors (Lipinski definition) is 0. The molecule has 0 N–H and O–H groups in total. The normalized spacial score (nSPS) is 11.8. The molecule has 4 heteroatoms. The molecule has 0 spiro atoms. The van der Waals surface area contributed by atoms with Crippen LogP contribution in [0.15, 0.2) is 54.4 Å². The summed E-state index contributed by atoms with van der Waals surface area (Å²) in [5.41, 5.74) is 2.74. The zero-order valence-corrected chi connectivity index (χ0v) is 14.4. The minimum absolute atomic E-state index is 0.0948. The fraction of sp³-hybridized carbons (Fsp3) is 0.200. The van der Waals surface area contributed by atoms with Crippen molar-refractivity contribution in [1.29, 1.82) is 5.26 Å². The molecular formula is C20H20N4. The summed E-state index contributed by atoms with van der Waals surface area (Å²) >= 11 is 0. The molecule has 24 heavy (non-hydrogen) atoms. The third-order valence-corrected chi connectivity index (χ3v) is 3.66. The highest BCUT2D eigenvalue weighted by atomic mass is 15.1. The lowest BCUT2D eigenvalue weighted by Crippen LogP contribution is -2.08. The van der Waals surface area contributed by atoms with Crippen LogP contribution in [0.1, 0.15) is 5.56 Å². The van der Waals surface area contributed by atoms with Gasteiger partial charge in [-0.1, -0.05) is 18.2 Å². The van der Waals surface area contributed by atoms with Gasteiger partial charge in [-0.05, 0) is 46.8 Å². The van der Waals surface area contributed by atoms with Crippen LogP contribution in [0.3, 0.4) is 0 Å². The van der Waals surface area contributed by atoms with Crippen LogP contribution in [0.5, 0.6) is 0 Å². The highest BCUT2D eigenvalue weighted by molar-refractivity contribution is 5.91. The van der Waals surface area contributed by atoms with Crippen molar-refractivity contribution in [3.8, 4) is 6.07 Å². The van der Waals surface area contributed by atoms with Gasteiger partial charge in [0.1, 0.15) is 0 Å². The lowest BCUT2D eigenvalue weighted by atomic mass is 9.99. The highest BCUT2D eigenvalue weighted by Gasteiger charge is 2.08. The second-order valence-electron chi connectivity index (χ2n) is 5.91. The third kappa shape index (κ3) is 3.74. The van der Waals surface area contributed by atoms with Crippen molar-refractivity contribution in [2.24, 2.45) is 0 Å². The van der Waals surface area contributed by atoms with Crippen LogP contribution in [-0.4, -0.2) is 33.1 Å². The molecule has 0 radical (unpaired) electrons. The molecule has 2 aromatic carbocycles. The molecule has 0 aliphatic rings. The summed E-state index contributed by atoms with van der Waals surface area (Å²) in [6.07, 6.45) is 3.66. The van der Waals surface area contributed by atoms with E-state index in [1.165, 1.54) is 0 Å². The van der Waals surface area contributed by atoms with Crippen LogP contribution in [-0.2, 0) is 0 Å². The molecule has 0 atom stereocenters. The molecule has 0 bridgehead atoms. The van der Waals surface area contributed by atoms with Gasteiger partial charge >= 0.3 is 0 Å². The standard InChI is InChI=1S/C20H20N4/c1-22-20(14-21)19(10-11-23(2)3)17-7-6-16-13-18(24(4)5)9-8-15(16)12-17/h6-13H,2-5H3. The molecular weight excluding hydrogens is 296 g/mol. The topological polar surface area (TPSA) is 34.6 Å². The van der Waals surface area contributed by atoms with Crippen LogP contribution < -0.4 is 4.90 Å². The van der Waals surface area contributed by atoms with Gasteiger partial charge < -0.3 is 9.80 Å². The summed E-state index contributed by atoms with van der Waals surface area (Å²) < 4.78 is 0. The summed E-state index contributed by atoms with van der Waals surface area (Å²) in [6, 6.07) is 14.2. The van der Waals surface area contributed by atoms with Crippen molar-refractivity contribution >= 4 is 22.0 Å². The molecule has 0 saturated heterocycles. The van der Waals surface area contributed by atoms with E-state index < -0.39 is 0 Å². The van der Waals surface area contributed by atoms with Crippen molar-refractivity contribution < 1.29 is 0 Å². The van der Waals surface area contributed by atoms with E-state index in [4.69, 9.17) is 6.57 Å². The van der Waals surface area contributed by atoms with E-state index in [-0.39, 0.29) is 5.70 Å². The van der Waals surface area contributed by atoms with Gasteiger partial charge in [-0.15, -0.1) is 0 Å². The molecule has 0 heterocycles. The Balaban J connectivity index is 2.60. The molecule has 4 nitrogen and oxygen atoms in total. The Kier molecular flexibility index (Phi) is 5.24. The van der Waals surface area contributed by atoms with Gasteiger partial charge in [0, 0.05) is 39.5 Å². The first kappa shape index (κ1) is 17.1. The summed E-state index contributed by atoms with van der Waals surface area (Å²) in [6.45, 7) is 7.26. The van der Waals surface area contributed by atoms with Crippen LogP contribution in [0, 0.1) is 17.9 Å². The molecule has 0 amide bonds. The Morgan fingerprint density at radius 1 is 1.08 bits per heavy atom. The van der Waals surface area contributed by atoms with E-state index in [1.54, 1.807) is 0 Å². The summed E-state index contributed by atoms with van der Waals surface area (Å²) in [5, 5.41) is 11.5. The number of fused-ring (bicyclic) bond motifs is 1. The van der Waals surface area contributed by atoms with Gasteiger partial charge in [0.15, 0.2) is 0 Å². The molecule has 0 saturated carbocycles. The lowest BCUT2D eigenvalue weighted by molar-refractivity contribution is 0.564. The first-order valence-electron chi connectivity index (χ1n) is 7.54. The summed E-state index contributed by atoms with van der Waals surface area (Å²) in [5.74, 6) is 0. The van der Waals surface area contributed by atoms with Crippen LogP contribution in [0.25, 0.3) is 21.2 Å². The maximum atomic E-state index is 9.26. The van der Waals surface area contributed by atoms with Gasteiger partial charge in [-0.3, -0.25) is 0 Å². The van der Waals surface area contributed by atoms with E-state index in [2.05, 4.69) is 27.9 Å². The van der Waals surface area contributed by atoms with Crippen molar-refractivity contribution in [2.45, 2.75) is 0 Å². The van der Waals surface area contributed by atoms with Crippen LogP contribution >= 0.6 is 0 Å². The number of nitriles is 1. The van der Waals surface area contributed by atoms with Crippen LogP contribution in [0.2, 0.25) is 0 Å². The average molecular weight is 316 g/mol. The van der Waals surface area contributed by atoms with Gasteiger partial charge in [-0.25, -0.2) is 10.1 Å². The molecule has 0 aliphatic carbocycles. The largest absolute Gasteiger partial charge is 0.384 e. The van der Waals surface area contributed by atoms with E-state index in [1.807, 2.05) is 69.6 Å². The fourth-order valence-corrected chi connectivity index (χ4v) is 2.36. The summed E-state index contributed by atoms with van der Waals surface area (Å²) in [4.78, 5) is 7.31. The van der Waals surface area contributed by atoms with Crippen molar-refractivity contribution in [1.82, 2.24) is 4.90 Å². The second kappa shape index (κ2) is 7.35. The lowest BCUT2D eigenvalue weighted by Gasteiger charge is -2.14. The minimum Gasteiger partial charge on any atom is -0.384 e. The maximum absolute atomic E-state index is 9.26. The molecule has 0 unspecified atom stereocenters. The number of allylic oxidation sites excluding steroid dienone is 3. The number of rotatable bonds is 4. The smallest absolute Gasteiger partial charge is 0.269 e. The Labute approximate surface area is 143 Å². The van der Waals surface area contributed by atoms with Crippen molar-refractivity contribution in [2.75, 3.05) is 33.1 Å². The van der Waals surface area contributed by atoms with E-state index >= 15 is 0 Å². The zero-order valence-electron chi connectivity index (χ0n) is 14.4. The Bertz CT molecular complexity index is 874. The Morgan fingerprint density at radius 2 is 1.75 bits per heavy atom. The molecule has 2 aromatic rings. The first-order valence-corrected chi connectivity index (χ1v) is 7.54. The molecule has 0 aliphatic heterocycles. The van der Waals surface area contributed by atoms with Gasteiger partial charge in [0.2, 0.25) is 0 Å². The van der Waals surface area contributed by atoms with Gasteiger partial charge in [0.25, 0.3) is 5.70 Å². The number of anilines is 1. The maximum Gasteiger partial charge on any atom is 0.269 e. The highest BCUT2D eigenvalue weighted by Crippen LogP contribution is 2.27. The molecule has 120 valence electrons. The predicted octanol–water partition coefficient (Wildman–Crippen LogP) is 4.14. The van der Waals surface area contributed by atoms with Gasteiger partial charge in [-0.2, -0.15) is 0 Å². The predicted molar refractivity (Wildman–Crippen MR) is 100 cm³/mol. The average Bonchev–Trinajstić information content (AvgIpc) is 2.57. The minimum atomic E-state index is 0.0948. The van der Waals surface area contributed by atoms with E-state index in [9.17, 15) is 5.26 Å². The molecule has 0 aromatic heterocycles. The number of hydrogen-bond acceptors (Lipinski definition) is 3. The Hall–Kier alpha value is -3.24. The number of nitrogens with zero attached hydrogens (tertiary/aromatic N) is 4. The van der Waals surface area contributed by atoms with Gasteiger partial charge in [0.05, 0.1) is 12.6 Å². The fourth-order valence-electron chi connectivity index (χ4n) is 2.36. The second-order valence-corrected chi connectivity index (χ2v) is 5.91. The Morgan fingerprint density at radius 3 is 2.33 bits per heavy atom. The van der Waals surface area contributed by atoms with Crippen LogP contribution in [0.4, 0.5) is 5.69 Å². The SMILES string of the molecule is [C-]#[N+]C(C#N)=C(C=CN(C)C)c1ccc2cc(N(C)C)ccc2c1. The van der Waals surface area contributed by atoms with Crippen molar-refractivity contribution in [3.05, 3.63) is 71.4 Å². The molecule has 0 fully saturated rings. The van der Waals surface area contributed by atoms with E-state index in [0.717, 1.165) is 22.0 Å².